The van der Waals surface area contributed by atoms with Gasteiger partial charge < -0.3 is 14.6 Å². The first kappa shape index (κ1) is 13.9. The molecular formula is C14H18ClN3O. The van der Waals surface area contributed by atoms with Crippen LogP contribution in [0, 0.1) is 6.92 Å². The van der Waals surface area contributed by atoms with Crippen LogP contribution in [0.2, 0.25) is 5.02 Å². The average molecular weight is 280 g/mol. The summed E-state index contributed by atoms with van der Waals surface area (Å²) < 4.78 is 7.15. The van der Waals surface area contributed by atoms with Crippen LogP contribution in [0.25, 0.3) is 0 Å². The van der Waals surface area contributed by atoms with Gasteiger partial charge in [0.2, 0.25) is 5.95 Å². The van der Waals surface area contributed by atoms with Crippen molar-refractivity contribution < 1.29 is 4.74 Å². The lowest BCUT2D eigenvalue weighted by Gasteiger charge is -2.09. The van der Waals surface area contributed by atoms with Gasteiger partial charge in [0.25, 0.3) is 0 Å². The van der Waals surface area contributed by atoms with Crippen molar-refractivity contribution in [2.24, 2.45) is 0 Å². The Morgan fingerprint density at radius 1 is 1.42 bits per heavy atom. The van der Waals surface area contributed by atoms with E-state index in [-0.39, 0.29) is 0 Å². The molecule has 0 saturated heterocycles. The maximum atomic E-state index is 5.97. The van der Waals surface area contributed by atoms with Gasteiger partial charge in [0.1, 0.15) is 0 Å². The van der Waals surface area contributed by atoms with Crippen molar-refractivity contribution in [1.82, 2.24) is 9.55 Å². The van der Waals surface area contributed by atoms with Crippen LogP contribution in [0.3, 0.4) is 0 Å². The number of rotatable bonds is 6. The van der Waals surface area contributed by atoms with Crippen molar-refractivity contribution in [3.8, 4) is 0 Å². The molecule has 102 valence electrons. The van der Waals surface area contributed by atoms with Gasteiger partial charge in [-0.1, -0.05) is 23.7 Å². The van der Waals surface area contributed by atoms with Gasteiger partial charge in [0, 0.05) is 31.4 Å². The molecule has 0 aliphatic carbocycles. The van der Waals surface area contributed by atoms with E-state index in [1.165, 1.54) is 0 Å². The minimum absolute atomic E-state index is 0.668. The third-order valence-corrected chi connectivity index (χ3v) is 3.01. The largest absolute Gasteiger partial charge is 0.383 e. The van der Waals surface area contributed by atoms with Crippen molar-refractivity contribution in [3.63, 3.8) is 0 Å². The summed E-state index contributed by atoms with van der Waals surface area (Å²) in [5.41, 5.74) is 2.12. The van der Waals surface area contributed by atoms with Gasteiger partial charge in [-0.15, -0.1) is 0 Å². The van der Waals surface area contributed by atoms with Crippen LogP contribution in [0.15, 0.2) is 30.5 Å². The Labute approximate surface area is 118 Å². The molecule has 0 radical (unpaired) electrons. The number of halogens is 1. The monoisotopic (exact) mass is 279 g/mol. The van der Waals surface area contributed by atoms with E-state index in [4.69, 9.17) is 16.3 Å². The van der Waals surface area contributed by atoms with Crippen molar-refractivity contribution >= 4 is 17.5 Å². The molecule has 0 saturated carbocycles. The molecular weight excluding hydrogens is 262 g/mol. The summed E-state index contributed by atoms with van der Waals surface area (Å²) in [6.45, 7) is 4.13. The molecule has 0 amide bonds. The van der Waals surface area contributed by atoms with Gasteiger partial charge in [-0.25, -0.2) is 4.98 Å². The summed E-state index contributed by atoms with van der Waals surface area (Å²) in [6.07, 6.45) is 2.01. The second-order valence-electron chi connectivity index (χ2n) is 4.38. The number of anilines is 1. The number of imidazole rings is 1. The first-order chi connectivity index (χ1) is 9.19. The predicted octanol–water partition coefficient (Wildman–Crippen LogP) is 3.10. The van der Waals surface area contributed by atoms with Crippen LogP contribution < -0.4 is 5.32 Å². The fourth-order valence-electron chi connectivity index (χ4n) is 1.88. The fourth-order valence-corrected chi connectivity index (χ4v) is 2.09. The minimum Gasteiger partial charge on any atom is -0.383 e. The van der Waals surface area contributed by atoms with Gasteiger partial charge >= 0.3 is 0 Å². The Bertz CT molecular complexity index is 539. The average Bonchev–Trinajstić information content (AvgIpc) is 2.74. The van der Waals surface area contributed by atoms with E-state index in [1.807, 2.05) is 37.4 Å². The number of aromatic nitrogens is 2. The summed E-state index contributed by atoms with van der Waals surface area (Å²) in [6, 6.07) is 7.80. The Kier molecular flexibility index (Phi) is 4.82. The molecule has 0 aliphatic rings. The fraction of sp³-hybridized carbons (Fsp3) is 0.357. The number of methoxy groups -OCH3 is 1. The highest BCUT2D eigenvalue weighted by Crippen LogP contribution is 2.13. The highest BCUT2D eigenvalue weighted by atomic mass is 35.5. The van der Waals surface area contributed by atoms with Crippen LogP contribution in [0.5, 0.6) is 0 Å². The normalized spacial score (nSPS) is 10.7. The molecule has 2 aromatic rings. The van der Waals surface area contributed by atoms with Crippen molar-refractivity contribution in [2.75, 3.05) is 19.0 Å². The van der Waals surface area contributed by atoms with Gasteiger partial charge in [0.05, 0.1) is 12.3 Å². The topological polar surface area (TPSA) is 39.1 Å². The van der Waals surface area contributed by atoms with Gasteiger partial charge in [-0.3, -0.25) is 0 Å². The Morgan fingerprint density at radius 3 is 3.00 bits per heavy atom. The van der Waals surface area contributed by atoms with E-state index < -0.39 is 0 Å². The maximum absolute atomic E-state index is 5.97. The number of hydrogen-bond donors (Lipinski definition) is 1. The molecule has 0 bridgehead atoms. The Balaban J connectivity index is 2.02. The third kappa shape index (κ3) is 3.98. The van der Waals surface area contributed by atoms with Gasteiger partial charge in [0.15, 0.2) is 0 Å². The lowest BCUT2D eigenvalue weighted by molar-refractivity contribution is 0.187. The molecule has 0 fully saturated rings. The molecule has 5 heteroatoms. The first-order valence-corrected chi connectivity index (χ1v) is 6.58. The third-order valence-electron chi connectivity index (χ3n) is 2.77. The van der Waals surface area contributed by atoms with E-state index in [1.54, 1.807) is 7.11 Å². The molecule has 4 nitrogen and oxygen atoms in total. The van der Waals surface area contributed by atoms with E-state index in [2.05, 4.69) is 14.9 Å². The molecule has 1 heterocycles. The highest BCUT2D eigenvalue weighted by Gasteiger charge is 2.05. The number of benzene rings is 1. The molecule has 1 aromatic carbocycles. The zero-order valence-electron chi connectivity index (χ0n) is 11.2. The molecule has 1 N–H and O–H groups in total. The first-order valence-electron chi connectivity index (χ1n) is 6.20. The van der Waals surface area contributed by atoms with Crippen LogP contribution >= 0.6 is 11.6 Å². The van der Waals surface area contributed by atoms with Crippen molar-refractivity contribution in [2.45, 2.75) is 20.0 Å². The number of aryl methyl sites for hydroxylation is 1. The predicted molar refractivity (Wildman–Crippen MR) is 77.6 cm³/mol. The molecule has 0 unspecified atom stereocenters. The summed E-state index contributed by atoms with van der Waals surface area (Å²) in [7, 11) is 1.70. The number of nitrogens with one attached hydrogen (secondary N) is 1. The molecule has 0 aliphatic heterocycles. The number of nitrogens with zero attached hydrogens (tertiary/aromatic N) is 2. The van der Waals surface area contributed by atoms with Crippen LogP contribution in [0.4, 0.5) is 5.95 Å². The van der Waals surface area contributed by atoms with Crippen LogP contribution in [0.1, 0.15) is 11.3 Å². The van der Waals surface area contributed by atoms with Crippen LogP contribution in [-0.4, -0.2) is 23.3 Å². The molecule has 0 atom stereocenters. The zero-order valence-corrected chi connectivity index (χ0v) is 11.9. The smallest absolute Gasteiger partial charge is 0.203 e. The van der Waals surface area contributed by atoms with Gasteiger partial charge in [-0.2, -0.15) is 0 Å². The second-order valence-corrected chi connectivity index (χ2v) is 4.81. The van der Waals surface area contributed by atoms with Crippen molar-refractivity contribution in [3.05, 3.63) is 46.7 Å². The lowest BCUT2D eigenvalue weighted by Crippen LogP contribution is -2.09. The summed E-state index contributed by atoms with van der Waals surface area (Å²) in [5.74, 6) is 0.856. The standard InChI is InChI=1S/C14H18ClN3O/c1-11-10-18(6-7-19-2)14(17-11)16-9-12-4-3-5-13(15)8-12/h3-5,8,10H,6-7,9H2,1-2H3,(H,16,17). The Morgan fingerprint density at radius 2 is 2.26 bits per heavy atom. The molecule has 19 heavy (non-hydrogen) atoms. The van der Waals surface area contributed by atoms with E-state index in [0.29, 0.717) is 13.2 Å². The van der Waals surface area contributed by atoms with Crippen LogP contribution in [-0.2, 0) is 17.8 Å². The van der Waals surface area contributed by atoms with E-state index >= 15 is 0 Å². The summed E-state index contributed by atoms with van der Waals surface area (Å²) in [4.78, 5) is 4.46. The molecule has 1 aromatic heterocycles. The highest BCUT2D eigenvalue weighted by molar-refractivity contribution is 6.30. The minimum atomic E-state index is 0.668. The summed E-state index contributed by atoms with van der Waals surface area (Å²) >= 11 is 5.97. The quantitative estimate of drug-likeness (QED) is 0.883. The van der Waals surface area contributed by atoms with Crippen molar-refractivity contribution in [1.29, 1.82) is 0 Å². The van der Waals surface area contributed by atoms with E-state index in [9.17, 15) is 0 Å². The SMILES string of the molecule is COCCn1cc(C)nc1NCc1cccc(Cl)c1. The number of hydrogen-bond acceptors (Lipinski definition) is 3. The Hall–Kier alpha value is -1.52. The lowest BCUT2D eigenvalue weighted by atomic mass is 10.2. The van der Waals surface area contributed by atoms with Gasteiger partial charge in [-0.05, 0) is 24.6 Å². The van der Waals surface area contributed by atoms with E-state index in [0.717, 1.165) is 28.8 Å². The number of ether oxygens (including phenoxy) is 1. The maximum Gasteiger partial charge on any atom is 0.203 e. The second kappa shape index (κ2) is 6.59. The molecule has 0 spiro atoms. The summed E-state index contributed by atoms with van der Waals surface area (Å²) in [5, 5.41) is 4.07. The zero-order chi connectivity index (χ0) is 13.7. The molecule has 2 rings (SSSR count).